The molecular formula is C9H12FN3O4. The van der Waals surface area contributed by atoms with Crippen LogP contribution in [-0.2, 0) is 4.74 Å². The van der Waals surface area contributed by atoms with Crippen molar-refractivity contribution in [2.75, 3.05) is 12.4 Å². The van der Waals surface area contributed by atoms with Gasteiger partial charge in [0.1, 0.15) is 30.8 Å². The molecule has 2 rings (SSSR count). The van der Waals surface area contributed by atoms with Crippen molar-refractivity contribution in [2.24, 2.45) is 0 Å². The molecule has 94 valence electrons. The van der Waals surface area contributed by atoms with Crippen molar-refractivity contribution >= 4 is 5.82 Å². The summed E-state index contributed by atoms with van der Waals surface area (Å²) in [4.78, 5) is 14.9. The standard InChI is InChI=1S/C9H12FN3O4/c10-3-4-6(14)7(15)8(17-4)13-2-1-5(11)12-9(13)16/h1-2,4,6-8,14-15H,3H2,(H2,11,12,16)/t4-,6?,7?,8-/m1/s1. The van der Waals surface area contributed by atoms with Gasteiger partial charge in [0.15, 0.2) is 6.23 Å². The number of anilines is 1. The molecule has 1 aliphatic rings. The van der Waals surface area contributed by atoms with Crippen LogP contribution >= 0.6 is 0 Å². The quantitative estimate of drug-likeness (QED) is 0.579. The Morgan fingerprint density at radius 1 is 1.53 bits per heavy atom. The molecule has 0 amide bonds. The van der Waals surface area contributed by atoms with Crippen molar-refractivity contribution in [3.8, 4) is 0 Å². The molecule has 4 N–H and O–H groups in total. The van der Waals surface area contributed by atoms with Crippen molar-refractivity contribution < 1.29 is 19.3 Å². The monoisotopic (exact) mass is 245 g/mol. The number of nitrogens with zero attached hydrogens (tertiary/aromatic N) is 2. The van der Waals surface area contributed by atoms with E-state index in [1.807, 2.05) is 0 Å². The maximum atomic E-state index is 12.5. The minimum atomic E-state index is -1.39. The molecule has 7 nitrogen and oxygen atoms in total. The molecule has 2 heterocycles. The number of hydrogen-bond acceptors (Lipinski definition) is 6. The molecule has 0 bridgehead atoms. The Hall–Kier alpha value is -1.51. The molecule has 1 fully saturated rings. The first kappa shape index (κ1) is 12.0. The maximum absolute atomic E-state index is 12.5. The summed E-state index contributed by atoms with van der Waals surface area (Å²) in [6.07, 6.45) is -3.81. The van der Waals surface area contributed by atoms with E-state index in [-0.39, 0.29) is 5.82 Å². The summed E-state index contributed by atoms with van der Waals surface area (Å²) >= 11 is 0. The number of nitrogens with two attached hydrogens (primary N) is 1. The molecule has 1 aromatic rings. The first-order valence-electron chi connectivity index (χ1n) is 4.97. The van der Waals surface area contributed by atoms with Crippen molar-refractivity contribution in [1.29, 1.82) is 0 Å². The molecule has 0 aliphatic carbocycles. The van der Waals surface area contributed by atoms with Crippen LogP contribution in [0.2, 0.25) is 0 Å². The fraction of sp³-hybridized carbons (Fsp3) is 0.556. The van der Waals surface area contributed by atoms with E-state index in [2.05, 4.69) is 4.98 Å². The van der Waals surface area contributed by atoms with Crippen molar-refractivity contribution in [3.05, 3.63) is 22.7 Å². The average Bonchev–Trinajstić information content (AvgIpc) is 2.57. The van der Waals surface area contributed by atoms with Gasteiger partial charge in [0, 0.05) is 6.20 Å². The molecule has 0 aromatic carbocycles. The lowest BCUT2D eigenvalue weighted by molar-refractivity contribution is -0.0453. The number of rotatable bonds is 2. The summed E-state index contributed by atoms with van der Waals surface area (Å²) in [6.45, 7) is -0.953. The zero-order valence-corrected chi connectivity index (χ0v) is 8.73. The molecule has 0 radical (unpaired) electrons. The van der Waals surface area contributed by atoms with Crippen LogP contribution in [0.3, 0.4) is 0 Å². The molecule has 17 heavy (non-hydrogen) atoms. The van der Waals surface area contributed by atoms with Crippen LogP contribution in [0.4, 0.5) is 10.2 Å². The maximum Gasteiger partial charge on any atom is 0.351 e. The van der Waals surface area contributed by atoms with Gasteiger partial charge in [0.25, 0.3) is 0 Å². The molecule has 4 atom stereocenters. The van der Waals surface area contributed by atoms with Gasteiger partial charge in [0.05, 0.1) is 0 Å². The van der Waals surface area contributed by atoms with Gasteiger partial charge in [-0.1, -0.05) is 0 Å². The predicted octanol–water partition coefficient (Wildman–Crippen LogP) is -1.59. The Morgan fingerprint density at radius 3 is 2.76 bits per heavy atom. The predicted molar refractivity (Wildman–Crippen MR) is 54.8 cm³/mol. The normalized spacial score (nSPS) is 32.9. The smallest absolute Gasteiger partial charge is 0.351 e. The fourth-order valence-electron chi connectivity index (χ4n) is 1.71. The first-order valence-corrected chi connectivity index (χ1v) is 4.97. The van der Waals surface area contributed by atoms with E-state index >= 15 is 0 Å². The van der Waals surface area contributed by atoms with Gasteiger partial charge >= 0.3 is 5.69 Å². The zero-order chi connectivity index (χ0) is 12.6. The number of aromatic nitrogens is 2. The number of halogens is 1. The lowest BCUT2D eigenvalue weighted by atomic mass is 10.1. The van der Waals surface area contributed by atoms with Gasteiger partial charge < -0.3 is 20.7 Å². The summed E-state index contributed by atoms with van der Waals surface area (Å²) < 4.78 is 18.5. The number of nitrogen functional groups attached to an aromatic ring is 1. The third-order valence-electron chi connectivity index (χ3n) is 2.61. The summed E-state index contributed by atoms with van der Waals surface area (Å²) in [5.74, 6) is 0.0290. The van der Waals surface area contributed by atoms with Crippen LogP contribution in [0.5, 0.6) is 0 Å². The Labute approximate surface area is 95.3 Å². The van der Waals surface area contributed by atoms with Gasteiger partial charge in [-0.2, -0.15) is 4.98 Å². The highest BCUT2D eigenvalue weighted by molar-refractivity contribution is 5.23. The minimum absolute atomic E-state index is 0.0290. The third-order valence-corrected chi connectivity index (χ3v) is 2.61. The molecule has 1 aromatic heterocycles. The van der Waals surface area contributed by atoms with E-state index in [0.29, 0.717) is 0 Å². The second kappa shape index (κ2) is 4.40. The highest BCUT2D eigenvalue weighted by Crippen LogP contribution is 2.28. The van der Waals surface area contributed by atoms with Crippen LogP contribution in [0.15, 0.2) is 17.1 Å². The van der Waals surface area contributed by atoms with E-state index in [0.717, 1.165) is 4.57 Å². The average molecular weight is 245 g/mol. The molecule has 0 saturated carbocycles. The summed E-state index contributed by atoms with van der Waals surface area (Å²) in [6, 6.07) is 1.34. The van der Waals surface area contributed by atoms with Crippen LogP contribution in [0, 0.1) is 0 Å². The second-order valence-electron chi connectivity index (χ2n) is 3.74. The SMILES string of the molecule is Nc1ccn([C@@H]2O[C@H](CF)C(O)C2O)c(=O)n1. The van der Waals surface area contributed by atoms with Gasteiger partial charge in [0.2, 0.25) is 0 Å². The zero-order valence-electron chi connectivity index (χ0n) is 8.73. The number of aliphatic hydroxyl groups is 2. The van der Waals surface area contributed by atoms with Gasteiger partial charge in [-0.25, -0.2) is 9.18 Å². The number of hydrogen-bond donors (Lipinski definition) is 3. The van der Waals surface area contributed by atoms with Crippen molar-refractivity contribution in [1.82, 2.24) is 9.55 Å². The van der Waals surface area contributed by atoms with Gasteiger partial charge in [-0.15, -0.1) is 0 Å². The second-order valence-corrected chi connectivity index (χ2v) is 3.74. The number of alkyl halides is 1. The van der Waals surface area contributed by atoms with Gasteiger partial charge in [-0.05, 0) is 6.07 Å². The molecule has 1 aliphatic heterocycles. The summed E-state index contributed by atoms with van der Waals surface area (Å²) in [7, 11) is 0. The Balaban J connectivity index is 2.32. The van der Waals surface area contributed by atoms with E-state index in [1.165, 1.54) is 12.3 Å². The van der Waals surface area contributed by atoms with Crippen molar-refractivity contribution in [2.45, 2.75) is 24.5 Å². The highest BCUT2D eigenvalue weighted by atomic mass is 19.1. The number of aliphatic hydroxyl groups excluding tert-OH is 2. The van der Waals surface area contributed by atoms with Crippen LogP contribution in [0.25, 0.3) is 0 Å². The Bertz CT molecular complexity index is 466. The fourth-order valence-corrected chi connectivity index (χ4v) is 1.71. The molecular weight excluding hydrogens is 233 g/mol. The first-order chi connectivity index (χ1) is 8.04. The Morgan fingerprint density at radius 2 is 2.24 bits per heavy atom. The van der Waals surface area contributed by atoms with E-state index in [1.54, 1.807) is 0 Å². The van der Waals surface area contributed by atoms with E-state index < -0.39 is 36.9 Å². The highest BCUT2D eigenvalue weighted by Gasteiger charge is 2.44. The van der Waals surface area contributed by atoms with Crippen molar-refractivity contribution in [3.63, 3.8) is 0 Å². The molecule has 2 unspecified atom stereocenters. The molecule has 8 heteroatoms. The van der Waals surface area contributed by atoms with E-state index in [4.69, 9.17) is 10.5 Å². The minimum Gasteiger partial charge on any atom is -0.387 e. The Kier molecular flexibility index (Phi) is 3.09. The number of ether oxygens (including phenoxy) is 1. The van der Waals surface area contributed by atoms with Crippen LogP contribution in [-0.4, -0.2) is 44.8 Å². The summed E-state index contributed by atoms with van der Waals surface area (Å²) in [5.41, 5.74) is 4.57. The lowest BCUT2D eigenvalue weighted by Crippen LogP contribution is -2.35. The third kappa shape index (κ3) is 2.02. The largest absolute Gasteiger partial charge is 0.387 e. The van der Waals surface area contributed by atoms with Crippen LogP contribution in [0.1, 0.15) is 6.23 Å². The summed E-state index contributed by atoms with van der Waals surface area (Å²) in [5, 5.41) is 19.1. The van der Waals surface area contributed by atoms with E-state index in [9.17, 15) is 19.4 Å². The van der Waals surface area contributed by atoms with Crippen LogP contribution < -0.4 is 11.4 Å². The topological polar surface area (TPSA) is 111 Å². The molecule has 0 spiro atoms. The molecule has 1 saturated heterocycles. The lowest BCUT2D eigenvalue weighted by Gasteiger charge is -2.16. The van der Waals surface area contributed by atoms with Gasteiger partial charge in [-0.3, -0.25) is 4.57 Å².